The molecular weight excluding hydrogens is 208 g/mol. The molecular formula is C16H24O. The topological polar surface area (TPSA) is 17.1 Å². The molecule has 1 aromatic carbocycles. The SMILES string of the molecule is Cc1ccc(C(C)(C)C)c(=O)c(C(C)(C)C)c1. The van der Waals surface area contributed by atoms with Gasteiger partial charge in [-0.05, 0) is 17.8 Å². The Bertz CT molecular complexity index is 470. The highest BCUT2D eigenvalue weighted by molar-refractivity contribution is 5.34. The summed E-state index contributed by atoms with van der Waals surface area (Å²) in [6, 6.07) is 6.04. The fourth-order valence-electron chi connectivity index (χ4n) is 1.92. The minimum absolute atomic E-state index is 0.109. The van der Waals surface area contributed by atoms with Gasteiger partial charge < -0.3 is 0 Å². The van der Waals surface area contributed by atoms with E-state index in [1.165, 1.54) is 0 Å². The molecule has 0 heterocycles. The van der Waals surface area contributed by atoms with E-state index in [4.69, 9.17) is 0 Å². The minimum Gasteiger partial charge on any atom is -0.289 e. The summed E-state index contributed by atoms with van der Waals surface area (Å²) in [6.07, 6.45) is 0. The second-order valence-corrected chi connectivity index (χ2v) is 6.88. The van der Waals surface area contributed by atoms with Gasteiger partial charge in [0.25, 0.3) is 0 Å². The third kappa shape index (κ3) is 3.18. The van der Waals surface area contributed by atoms with Crippen molar-refractivity contribution in [3.8, 4) is 0 Å². The van der Waals surface area contributed by atoms with Crippen molar-refractivity contribution in [2.24, 2.45) is 0 Å². The van der Waals surface area contributed by atoms with Crippen LogP contribution in [-0.2, 0) is 10.8 Å². The van der Waals surface area contributed by atoms with Crippen molar-refractivity contribution in [2.75, 3.05) is 0 Å². The van der Waals surface area contributed by atoms with Gasteiger partial charge in [0, 0.05) is 11.1 Å². The number of rotatable bonds is 0. The Kier molecular flexibility index (Phi) is 3.52. The van der Waals surface area contributed by atoms with Gasteiger partial charge in [0.15, 0.2) is 5.43 Å². The Labute approximate surface area is 105 Å². The van der Waals surface area contributed by atoms with Crippen molar-refractivity contribution in [3.63, 3.8) is 0 Å². The van der Waals surface area contributed by atoms with Crippen LogP contribution in [0.1, 0.15) is 58.2 Å². The van der Waals surface area contributed by atoms with Gasteiger partial charge in [-0.25, -0.2) is 0 Å². The molecule has 0 saturated carbocycles. The normalized spacial score (nSPS) is 12.6. The van der Waals surface area contributed by atoms with Crippen LogP contribution in [0.2, 0.25) is 0 Å². The Morgan fingerprint density at radius 2 is 1.29 bits per heavy atom. The van der Waals surface area contributed by atoms with E-state index in [9.17, 15) is 4.79 Å². The summed E-state index contributed by atoms with van der Waals surface area (Å²) in [5, 5.41) is 0. The molecule has 0 radical (unpaired) electrons. The molecule has 0 aliphatic rings. The van der Waals surface area contributed by atoms with Crippen LogP contribution in [0.4, 0.5) is 0 Å². The number of hydrogen-bond acceptors (Lipinski definition) is 1. The molecule has 0 aliphatic carbocycles. The van der Waals surface area contributed by atoms with E-state index >= 15 is 0 Å². The highest BCUT2D eigenvalue weighted by Crippen LogP contribution is 2.24. The highest BCUT2D eigenvalue weighted by Gasteiger charge is 2.23. The zero-order valence-electron chi connectivity index (χ0n) is 12.1. The molecule has 0 N–H and O–H groups in total. The van der Waals surface area contributed by atoms with E-state index in [1.807, 2.05) is 25.1 Å². The first-order valence-electron chi connectivity index (χ1n) is 6.19. The minimum atomic E-state index is -0.110. The standard InChI is InChI=1S/C16H24O/c1-11-8-9-12(15(2,3)4)14(17)13(10-11)16(5,6)7/h8-10H,1-7H3. The van der Waals surface area contributed by atoms with E-state index < -0.39 is 0 Å². The van der Waals surface area contributed by atoms with Gasteiger partial charge in [0.05, 0.1) is 0 Å². The molecule has 0 amide bonds. The molecule has 0 unspecified atom stereocenters. The van der Waals surface area contributed by atoms with Crippen molar-refractivity contribution >= 4 is 0 Å². The molecule has 0 fully saturated rings. The average molecular weight is 232 g/mol. The molecule has 1 nitrogen and oxygen atoms in total. The van der Waals surface area contributed by atoms with E-state index in [0.717, 1.165) is 16.7 Å². The van der Waals surface area contributed by atoms with Crippen molar-refractivity contribution in [2.45, 2.75) is 59.3 Å². The van der Waals surface area contributed by atoms with E-state index in [2.05, 4.69) is 41.5 Å². The molecule has 1 aromatic rings. The summed E-state index contributed by atoms with van der Waals surface area (Å²) < 4.78 is 0. The Hall–Kier alpha value is -1.11. The smallest absolute Gasteiger partial charge is 0.186 e. The van der Waals surface area contributed by atoms with Gasteiger partial charge in [-0.1, -0.05) is 65.3 Å². The molecule has 0 saturated heterocycles. The quantitative estimate of drug-likeness (QED) is 0.662. The Balaban J connectivity index is 3.72. The van der Waals surface area contributed by atoms with Crippen LogP contribution in [0.5, 0.6) is 0 Å². The first-order valence-corrected chi connectivity index (χ1v) is 6.19. The molecule has 0 aliphatic heterocycles. The summed E-state index contributed by atoms with van der Waals surface area (Å²) in [5.74, 6) is 0. The average Bonchev–Trinajstić information content (AvgIpc) is 2.23. The number of aryl methyl sites for hydroxylation is 1. The molecule has 94 valence electrons. The summed E-state index contributed by atoms with van der Waals surface area (Å²) in [5.41, 5.74) is 2.92. The zero-order chi connectivity index (χ0) is 13.4. The predicted octanol–water partition coefficient (Wildman–Crippen LogP) is 3.95. The third-order valence-electron chi connectivity index (χ3n) is 2.99. The van der Waals surface area contributed by atoms with E-state index in [-0.39, 0.29) is 16.3 Å². The lowest BCUT2D eigenvalue weighted by molar-refractivity contribution is 0.563. The van der Waals surface area contributed by atoms with Gasteiger partial charge >= 0.3 is 0 Å². The van der Waals surface area contributed by atoms with Gasteiger partial charge in [-0.2, -0.15) is 0 Å². The lowest BCUT2D eigenvalue weighted by atomic mass is 9.82. The van der Waals surface area contributed by atoms with Gasteiger partial charge in [0.1, 0.15) is 0 Å². The molecule has 1 rings (SSSR count). The fraction of sp³-hybridized carbons (Fsp3) is 0.562. The summed E-state index contributed by atoms with van der Waals surface area (Å²) in [6.45, 7) is 14.6. The van der Waals surface area contributed by atoms with Gasteiger partial charge in [-0.3, -0.25) is 4.79 Å². The Morgan fingerprint density at radius 3 is 1.71 bits per heavy atom. The van der Waals surface area contributed by atoms with Crippen molar-refractivity contribution in [3.05, 3.63) is 45.1 Å². The molecule has 0 bridgehead atoms. The van der Waals surface area contributed by atoms with Crippen LogP contribution < -0.4 is 5.43 Å². The predicted molar refractivity (Wildman–Crippen MR) is 74.8 cm³/mol. The third-order valence-corrected chi connectivity index (χ3v) is 2.99. The molecule has 0 spiro atoms. The highest BCUT2D eigenvalue weighted by atomic mass is 16.1. The fourth-order valence-corrected chi connectivity index (χ4v) is 1.92. The van der Waals surface area contributed by atoms with Crippen molar-refractivity contribution in [1.29, 1.82) is 0 Å². The van der Waals surface area contributed by atoms with Crippen LogP contribution in [0.3, 0.4) is 0 Å². The van der Waals surface area contributed by atoms with Crippen LogP contribution in [-0.4, -0.2) is 0 Å². The lowest BCUT2D eigenvalue weighted by Crippen LogP contribution is -2.28. The molecule has 0 atom stereocenters. The molecule has 1 heteroatoms. The van der Waals surface area contributed by atoms with Crippen molar-refractivity contribution in [1.82, 2.24) is 0 Å². The lowest BCUT2D eigenvalue weighted by Gasteiger charge is -2.21. The van der Waals surface area contributed by atoms with Gasteiger partial charge in [-0.15, -0.1) is 0 Å². The summed E-state index contributed by atoms with van der Waals surface area (Å²) in [7, 11) is 0. The number of hydrogen-bond donors (Lipinski definition) is 0. The van der Waals surface area contributed by atoms with Crippen LogP contribution >= 0.6 is 0 Å². The first kappa shape index (κ1) is 14.0. The summed E-state index contributed by atoms with van der Waals surface area (Å²) >= 11 is 0. The maximum absolute atomic E-state index is 12.6. The maximum atomic E-state index is 12.6. The van der Waals surface area contributed by atoms with E-state index in [0.29, 0.717) is 0 Å². The second kappa shape index (κ2) is 4.29. The monoisotopic (exact) mass is 232 g/mol. The molecule has 17 heavy (non-hydrogen) atoms. The zero-order valence-corrected chi connectivity index (χ0v) is 12.1. The Morgan fingerprint density at radius 1 is 0.824 bits per heavy atom. The maximum Gasteiger partial charge on any atom is 0.186 e. The van der Waals surface area contributed by atoms with Gasteiger partial charge in [0.2, 0.25) is 0 Å². The molecule has 0 aromatic heterocycles. The summed E-state index contributed by atoms with van der Waals surface area (Å²) in [4.78, 5) is 12.6. The second-order valence-electron chi connectivity index (χ2n) is 6.88. The van der Waals surface area contributed by atoms with Crippen LogP contribution in [0.15, 0.2) is 23.0 Å². The first-order chi connectivity index (χ1) is 7.53. The van der Waals surface area contributed by atoms with E-state index in [1.54, 1.807) is 0 Å². The van der Waals surface area contributed by atoms with Crippen LogP contribution in [0, 0.1) is 6.92 Å². The van der Waals surface area contributed by atoms with Crippen molar-refractivity contribution < 1.29 is 0 Å². The van der Waals surface area contributed by atoms with Crippen LogP contribution in [0.25, 0.3) is 0 Å². The largest absolute Gasteiger partial charge is 0.289 e.